The number of carbonyl (C=O) groups excluding carboxylic acids is 2. The van der Waals surface area contributed by atoms with Crippen LogP contribution in [0.1, 0.15) is 38.5 Å². The van der Waals surface area contributed by atoms with Gasteiger partial charge in [0.2, 0.25) is 0 Å². The molecular weight excluding hydrogens is 396 g/mol. The molecule has 156 valence electrons. The lowest BCUT2D eigenvalue weighted by Crippen LogP contribution is -2.51. The van der Waals surface area contributed by atoms with Gasteiger partial charge in [-0.1, -0.05) is 6.42 Å². The first kappa shape index (κ1) is 23.2. The van der Waals surface area contributed by atoms with Gasteiger partial charge in [-0.25, -0.2) is 14.0 Å². The van der Waals surface area contributed by atoms with Crippen LogP contribution in [0.4, 0.5) is 35.1 Å². The molecule has 0 N–H and O–H groups in total. The van der Waals surface area contributed by atoms with E-state index >= 15 is 0 Å². The van der Waals surface area contributed by atoms with Gasteiger partial charge < -0.3 is 9.47 Å². The van der Waals surface area contributed by atoms with Gasteiger partial charge >= 0.3 is 30.1 Å². The first-order valence-corrected chi connectivity index (χ1v) is 7.83. The van der Waals surface area contributed by atoms with E-state index in [0.29, 0.717) is 18.9 Å². The summed E-state index contributed by atoms with van der Waals surface area (Å²) in [4.78, 5) is 22.5. The fourth-order valence-corrected chi connectivity index (χ4v) is 2.26. The summed E-state index contributed by atoms with van der Waals surface area (Å²) in [5.41, 5.74) is 0. The molecule has 0 aromatic rings. The Kier molecular flexibility index (Phi) is 7.61. The molecule has 1 unspecified atom stereocenters. The van der Waals surface area contributed by atoms with Gasteiger partial charge in [0.25, 0.3) is 0 Å². The standard InChI is InChI=1S/C15H16F8O4/c16-10(8-13(17,18)19)14(20,21)15(22,23)27-12(25)7-6-11(24)26-9-4-2-1-3-5-9/h6-7,9-10H,1-5,8H2. The molecule has 1 aliphatic rings. The van der Waals surface area contributed by atoms with Crippen LogP contribution in [0.5, 0.6) is 0 Å². The van der Waals surface area contributed by atoms with Gasteiger partial charge in [-0.2, -0.15) is 30.7 Å². The van der Waals surface area contributed by atoms with Crippen LogP contribution in [0.25, 0.3) is 0 Å². The van der Waals surface area contributed by atoms with Crippen LogP contribution in [-0.4, -0.2) is 42.4 Å². The van der Waals surface area contributed by atoms with E-state index in [9.17, 15) is 44.7 Å². The molecular formula is C15H16F8O4. The maximum atomic E-state index is 13.2. The van der Waals surface area contributed by atoms with E-state index in [1.54, 1.807) is 0 Å². The maximum absolute atomic E-state index is 13.2. The lowest BCUT2D eigenvalue weighted by atomic mass is 9.98. The van der Waals surface area contributed by atoms with Gasteiger partial charge in [0, 0.05) is 12.2 Å². The molecule has 0 aromatic carbocycles. The molecule has 0 saturated heterocycles. The van der Waals surface area contributed by atoms with E-state index < -0.39 is 48.8 Å². The highest BCUT2D eigenvalue weighted by atomic mass is 19.4. The molecule has 0 heterocycles. The quantitative estimate of drug-likeness (QED) is 0.352. The molecule has 1 aliphatic carbocycles. The van der Waals surface area contributed by atoms with Crippen molar-refractivity contribution in [1.29, 1.82) is 0 Å². The number of rotatable bonds is 7. The molecule has 0 spiro atoms. The van der Waals surface area contributed by atoms with E-state index in [4.69, 9.17) is 4.74 Å². The Hall–Kier alpha value is -1.88. The number of esters is 2. The van der Waals surface area contributed by atoms with Crippen LogP contribution in [0, 0.1) is 0 Å². The van der Waals surface area contributed by atoms with Gasteiger partial charge in [0.15, 0.2) is 6.17 Å². The highest BCUT2D eigenvalue weighted by molar-refractivity contribution is 5.91. The minimum Gasteiger partial charge on any atom is -0.459 e. The molecule has 4 nitrogen and oxygen atoms in total. The average Bonchev–Trinajstić information content (AvgIpc) is 2.51. The molecule has 27 heavy (non-hydrogen) atoms. The zero-order chi connectivity index (χ0) is 20.9. The molecule has 0 aromatic heterocycles. The summed E-state index contributed by atoms with van der Waals surface area (Å²) in [6.07, 6.45) is -15.0. The summed E-state index contributed by atoms with van der Waals surface area (Å²) in [5, 5.41) is 0. The van der Waals surface area contributed by atoms with Gasteiger partial charge in [0.05, 0.1) is 6.42 Å². The molecule has 0 aliphatic heterocycles. The predicted molar refractivity (Wildman–Crippen MR) is 73.7 cm³/mol. The van der Waals surface area contributed by atoms with Crippen molar-refractivity contribution in [2.75, 3.05) is 0 Å². The molecule has 12 heteroatoms. The normalized spacial score (nSPS) is 18.4. The van der Waals surface area contributed by atoms with Crippen molar-refractivity contribution in [1.82, 2.24) is 0 Å². The summed E-state index contributed by atoms with van der Waals surface area (Å²) in [6.45, 7) is 0. The van der Waals surface area contributed by atoms with Gasteiger partial charge in [-0.15, -0.1) is 0 Å². The van der Waals surface area contributed by atoms with Crippen molar-refractivity contribution in [3.8, 4) is 0 Å². The van der Waals surface area contributed by atoms with Crippen molar-refractivity contribution in [2.45, 2.75) is 69.0 Å². The van der Waals surface area contributed by atoms with Crippen LogP contribution in [0.2, 0.25) is 0 Å². The molecule has 1 atom stereocenters. The number of alkyl halides is 8. The first-order valence-electron chi connectivity index (χ1n) is 7.83. The van der Waals surface area contributed by atoms with Crippen molar-refractivity contribution >= 4 is 11.9 Å². The van der Waals surface area contributed by atoms with Crippen LogP contribution >= 0.6 is 0 Å². The highest BCUT2D eigenvalue weighted by Crippen LogP contribution is 2.43. The van der Waals surface area contributed by atoms with E-state index in [2.05, 4.69) is 4.74 Å². The fraction of sp³-hybridized carbons (Fsp3) is 0.733. The predicted octanol–water partition coefficient (Wildman–Crippen LogP) is 4.48. The molecule has 1 fully saturated rings. The van der Waals surface area contributed by atoms with E-state index in [-0.39, 0.29) is 6.08 Å². The Balaban J connectivity index is 2.62. The Bertz CT molecular complexity index is 553. The van der Waals surface area contributed by atoms with Crippen molar-refractivity contribution in [3.05, 3.63) is 12.2 Å². The monoisotopic (exact) mass is 412 g/mol. The minimum absolute atomic E-state index is 0.0339. The van der Waals surface area contributed by atoms with Crippen LogP contribution in [0.15, 0.2) is 12.2 Å². The molecule has 0 amide bonds. The third-order valence-electron chi connectivity index (χ3n) is 3.61. The Morgan fingerprint density at radius 3 is 1.96 bits per heavy atom. The number of carbonyl (C=O) groups is 2. The van der Waals surface area contributed by atoms with Gasteiger partial charge in [-0.05, 0) is 25.7 Å². The van der Waals surface area contributed by atoms with E-state index in [0.717, 1.165) is 19.3 Å². The zero-order valence-corrected chi connectivity index (χ0v) is 13.7. The average molecular weight is 412 g/mol. The third-order valence-corrected chi connectivity index (χ3v) is 3.61. The van der Waals surface area contributed by atoms with Crippen LogP contribution in [0.3, 0.4) is 0 Å². The lowest BCUT2D eigenvalue weighted by molar-refractivity contribution is -0.349. The molecule has 0 radical (unpaired) electrons. The van der Waals surface area contributed by atoms with Gasteiger partial charge in [-0.3, -0.25) is 0 Å². The van der Waals surface area contributed by atoms with E-state index in [1.807, 2.05) is 0 Å². The van der Waals surface area contributed by atoms with Gasteiger partial charge in [0.1, 0.15) is 6.10 Å². The Morgan fingerprint density at radius 2 is 1.44 bits per heavy atom. The van der Waals surface area contributed by atoms with E-state index in [1.165, 1.54) is 0 Å². The SMILES string of the molecule is O=C(C=CC(=O)OC(F)(F)C(F)(F)C(F)CC(F)(F)F)OC1CCCCC1. The summed E-state index contributed by atoms with van der Waals surface area (Å²) < 4.78 is 109. The fourth-order valence-electron chi connectivity index (χ4n) is 2.26. The summed E-state index contributed by atoms with van der Waals surface area (Å²) in [6, 6.07) is 0. The number of ether oxygens (including phenoxy) is 2. The van der Waals surface area contributed by atoms with Crippen molar-refractivity contribution in [2.24, 2.45) is 0 Å². The largest absolute Gasteiger partial charge is 0.469 e. The molecule has 0 bridgehead atoms. The highest BCUT2D eigenvalue weighted by Gasteiger charge is 2.66. The Labute approximate surface area is 148 Å². The van der Waals surface area contributed by atoms with Crippen LogP contribution in [-0.2, 0) is 19.1 Å². The maximum Gasteiger partial charge on any atom is 0.469 e. The molecule has 1 saturated carbocycles. The lowest BCUT2D eigenvalue weighted by Gasteiger charge is -2.28. The number of halogens is 8. The second-order valence-electron chi connectivity index (χ2n) is 5.88. The number of hydrogen-bond donors (Lipinski definition) is 0. The third kappa shape index (κ3) is 7.33. The second kappa shape index (κ2) is 8.87. The Morgan fingerprint density at radius 1 is 0.926 bits per heavy atom. The summed E-state index contributed by atoms with van der Waals surface area (Å²) in [7, 11) is 0. The first-order chi connectivity index (χ1) is 12.2. The zero-order valence-electron chi connectivity index (χ0n) is 13.7. The minimum atomic E-state index is -5.94. The smallest absolute Gasteiger partial charge is 0.459 e. The second-order valence-corrected chi connectivity index (χ2v) is 5.88. The topological polar surface area (TPSA) is 52.6 Å². The van der Waals surface area contributed by atoms with Crippen molar-refractivity contribution < 1.29 is 54.2 Å². The summed E-state index contributed by atoms with van der Waals surface area (Å²) >= 11 is 0. The van der Waals surface area contributed by atoms with Crippen molar-refractivity contribution in [3.63, 3.8) is 0 Å². The van der Waals surface area contributed by atoms with Crippen LogP contribution < -0.4 is 0 Å². The summed E-state index contributed by atoms with van der Waals surface area (Å²) in [5.74, 6) is -9.23. The number of hydrogen-bond acceptors (Lipinski definition) is 4. The molecule has 1 rings (SSSR count).